The van der Waals surface area contributed by atoms with Crippen molar-refractivity contribution in [3.05, 3.63) is 48.6 Å². The Hall–Kier alpha value is -1.57. The zero-order valence-electron chi connectivity index (χ0n) is 14.0. The number of allylic oxidation sites excluding steroid dienone is 8. The number of carboxylic acid groups (broad SMARTS) is 1. The lowest BCUT2D eigenvalue weighted by Crippen LogP contribution is -1.92. The van der Waals surface area contributed by atoms with Gasteiger partial charge in [-0.15, -0.1) is 0 Å². The second kappa shape index (κ2) is 17.5. The fourth-order valence-corrected chi connectivity index (χ4v) is 1.90. The molecule has 1 N–H and O–H groups in total. The highest BCUT2D eigenvalue weighted by Gasteiger charge is 1.92. The van der Waals surface area contributed by atoms with Crippen molar-refractivity contribution in [2.75, 3.05) is 0 Å². The quantitative estimate of drug-likeness (QED) is 0.305. The molecule has 0 spiro atoms. The van der Waals surface area contributed by atoms with E-state index < -0.39 is 5.97 Å². The summed E-state index contributed by atoms with van der Waals surface area (Å²) in [5.74, 6) is -0.710. The summed E-state index contributed by atoms with van der Waals surface area (Å²) in [5, 5.41) is 8.49. The van der Waals surface area contributed by atoms with Gasteiger partial charge in [0.2, 0.25) is 0 Å². The van der Waals surface area contributed by atoms with Gasteiger partial charge < -0.3 is 5.11 Å². The number of unbranched alkanes of at least 4 members (excludes halogenated alkanes) is 4. The lowest BCUT2D eigenvalue weighted by atomic mass is 10.2. The summed E-state index contributed by atoms with van der Waals surface area (Å²) in [7, 11) is 0. The Bertz CT molecular complexity index is 362. The molecule has 0 aromatic carbocycles. The van der Waals surface area contributed by atoms with E-state index in [4.69, 9.17) is 5.11 Å². The predicted molar refractivity (Wildman–Crippen MR) is 96.0 cm³/mol. The van der Waals surface area contributed by atoms with Gasteiger partial charge in [-0.1, -0.05) is 68.4 Å². The maximum atomic E-state index is 10.3. The summed E-state index contributed by atoms with van der Waals surface area (Å²) in [5.41, 5.74) is 0. The molecule has 0 radical (unpaired) electrons. The van der Waals surface area contributed by atoms with Crippen LogP contribution in [0.5, 0.6) is 0 Å². The van der Waals surface area contributed by atoms with E-state index in [0.29, 0.717) is 0 Å². The Labute approximate surface area is 136 Å². The molecule has 0 amide bonds. The van der Waals surface area contributed by atoms with Gasteiger partial charge in [0.1, 0.15) is 0 Å². The third-order valence-electron chi connectivity index (χ3n) is 3.20. The van der Waals surface area contributed by atoms with Crippen LogP contribution in [-0.4, -0.2) is 11.1 Å². The van der Waals surface area contributed by atoms with Gasteiger partial charge in [0, 0.05) is 6.42 Å². The maximum Gasteiger partial charge on any atom is 0.303 e. The fourth-order valence-electron chi connectivity index (χ4n) is 1.90. The average molecular weight is 304 g/mol. The van der Waals surface area contributed by atoms with Crippen LogP contribution >= 0.6 is 0 Å². The minimum Gasteiger partial charge on any atom is -0.481 e. The smallest absolute Gasteiger partial charge is 0.303 e. The van der Waals surface area contributed by atoms with Gasteiger partial charge in [0.05, 0.1) is 0 Å². The molecule has 0 saturated heterocycles. The molecule has 0 saturated carbocycles. The molecular weight excluding hydrogens is 272 g/mol. The topological polar surface area (TPSA) is 37.3 Å². The Morgan fingerprint density at radius 1 is 0.727 bits per heavy atom. The first kappa shape index (κ1) is 20.4. The first-order valence-electron chi connectivity index (χ1n) is 8.59. The highest BCUT2D eigenvalue weighted by molar-refractivity contribution is 5.66. The van der Waals surface area contributed by atoms with Crippen molar-refractivity contribution in [2.45, 2.75) is 71.1 Å². The van der Waals surface area contributed by atoms with Crippen LogP contribution in [0.15, 0.2) is 48.6 Å². The molecule has 0 aliphatic heterocycles. The number of aliphatic carboxylic acids is 1. The second-order valence-corrected chi connectivity index (χ2v) is 5.36. The van der Waals surface area contributed by atoms with E-state index in [1.165, 1.54) is 19.3 Å². The number of hydrogen-bond donors (Lipinski definition) is 1. The normalized spacial score (nSPS) is 12.4. The molecule has 0 aliphatic carbocycles. The van der Waals surface area contributed by atoms with Crippen molar-refractivity contribution in [1.29, 1.82) is 0 Å². The molecule has 124 valence electrons. The predicted octanol–water partition coefficient (Wildman–Crippen LogP) is 6.22. The van der Waals surface area contributed by atoms with Gasteiger partial charge in [-0.05, 0) is 44.9 Å². The molecule has 0 heterocycles. The van der Waals surface area contributed by atoms with Gasteiger partial charge in [0.25, 0.3) is 0 Å². The Kier molecular flexibility index (Phi) is 16.2. The van der Waals surface area contributed by atoms with Crippen LogP contribution in [0.3, 0.4) is 0 Å². The van der Waals surface area contributed by atoms with Crippen molar-refractivity contribution >= 4 is 5.97 Å². The molecule has 0 aromatic heterocycles. The van der Waals surface area contributed by atoms with Crippen molar-refractivity contribution in [3.8, 4) is 0 Å². The minimum absolute atomic E-state index is 0.264. The number of hydrogen-bond acceptors (Lipinski definition) is 1. The van der Waals surface area contributed by atoms with E-state index in [1.807, 2.05) is 0 Å². The zero-order valence-corrected chi connectivity index (χ0v) is 14.0. The van der Waals surface area contributed by atoms with Crippen LogP contribution in [-0.2, 0) is 4.79 Å². The molecular formula is C20H32O2. The SMILES string of the molecule is CCCCC=CCC=CCCC=CCC=CCCCC(=O)O. The third kappa shape index (κ3) is 18.4. The second-order valence-electron chi connectivity index (χ2n) is 5.36. The summed E-state index contributed by atoms with van der Waals surface area (Å²) in [4.78, 5) is 10.3. The van der Waals surface area contributed by atoms with Crippen molar-refractivity contribution < 1.29 is 9.90 Å². The standard InChI is InChI=1S/C20H32O2/c1-2-3-4-5-6-7-8-9-10-11-12-13-14-15-16-17-18-19-20(21)22/h5-6,8-9,12-13,15-16H,2-4,7,10-11,14,17-19H2,1H3,(H,21,22). The van der Waals surface area contributed by atoms with Gasteiger partial charge in [-0.2, -0.15) is 0 Å². The van der Waals surface area contributed by atoms with Crippen molar-refractivity contribution in [3.63, 3.8) is 0 Å². The summed E-state index contributed by atoms with van der Waals surface area (Å²) < 4.78 is 0. The highest BCUT2D eigenvalue weighted by atomic mass is 16.4. The first-order valence-corrected chi connectivity index (χ1v) is 8.59. The summed E-state index contributed by atoms with van der Waals surface area (Å²) in [6.07, 6.45) is 27.3. The van der Waals surface area contributed by atoms with E-state index in [1.54, 1.807) is 0 Å². The van der Waals surface area contributed by atoms with Crippen molar-refractivity contribution in [1.82, 2.24) is 0 Å². The summed E-state index contributed by atoms with van der Waals surface area (Å²) in [6, 6.07) is 0. The van der Waals surface area contributed by atoms with E-state index >= 15 is 0 Å². The van der Waals surface area contributed by atoms with E-state index in [2.05, 4.69) is 55.5 Å². The maximum absolute atomic E-state index is 10.3. The molecule has 0 unspecified atom stereocenters. The van der Waals surface area contributed by atoms with Crippen LogP contribution in [0, 0.1) is 0 Å². The van der Waals surface area contributed by atoms with Gasteiger partial charge in [-0.25, -0.2) is 0 Å². The number of rotatable bonds is 14. The van der Waals surface area contributed by atoms with E-state index in [0.717, 1.165) is 38.5 Å². The Morgan fingerprint density at radius 2 is 1.18 bits per heavy atom. The molecule has 22 heavy (non-hydrogen) atoms. The number of carboxylic acids is 1. The molecule has 0 aliphatic rings. The summed E-state index contributed by atoms with van der Waals surface area (Å²) in [6.45, 7) is 2.22. The van der Waals surface area contributed by atoms with Crippen molar-refractivity contribution in [2.24, 2.45) is 0 Å². The summed E-state index contributed by atoms with van der Waals surface area (Å²) >= 11 is 0. The van der Waals surface area contributed by atoms with Gasteiger partial charge in [-0.3, -0.25) is 4.79 Å². The first-order chi connectivity index (χ1) is 10.8. The fraction of sp³-hybridized carbons (Fsp3) is 0.550. The molecule has 2 nitrogen and oxygen atoms in total. The molecule has 2 heteroatoms. The molecule has 0 rings (SSSR count). The highest BCUT2D eigenvalue weighted by Crippen LogP contribution is 2.00. The average Bonchev–Trinajstić information content (AvgIpc) is 2.50. The van der Waals surface area contributed by atoms with Crippen LogP contribution in [0.4, 0.5) is 0 Å². The van der Waals surface area contributed by atoms with E-state index in [-0.39, 0.29) is 6.42 Å². The van der Waals surface area contributed by atoms with Crippen LogP contribution in [0.2, 0.25) is 0 Å². The zero-order chi connectivity index (χ0) is 16.3. The lowest BCUT2D eigenvalue weighted by molar-refractivity contribution is -0.137. The lowest BCUT2D eigenvalue weighted by Gasteiger charge is -1.90. The third-order valence-corrected chi connectivity index (χ3v) is 3.20. The molecule has 0 bridgehead atoms. The Morgan fingerprint density at radius 3 is 1.64 bits per heavy atom. The Balaban J connectivity index is 3.38. The molecule has 0 atom stereocenters. The molecule has 0 aromatic rings. The van der Waals surface area contributed by atoms with E-state index in [9.17, 15) is 4.79 Å². The monoisotopic (exact) mass is 304 g/mol. The van der Waals surface area contributed by atoms with Crippen LogP contribution < -0.4 is 0 Å². The van der Waals surface area contributed by atoms with Crippen LogP contribution in [0.25, 0.3) is 0 Å². The molecule has 0 fully saturated rings. The van der Waals surface area contributed by atoms with Gasteiger partial charge >= 0.3 is 5.97 Å². The minimum atomic E-state index is -0.710. The van der Waals surface area contributed by atoms with Gasteiger partial charge in [0.15, 0.2) is 0 Å². The number of carbonyl (C=O) groups is 1. The van der Waals surface area contributed by atoms with Crippen LogP contribution in [0.1, 0.15) is 71.1 Å². The largest absolute Gasteiger partial charge is 0.481 e.